The average Bonchev–Trinajstić information content (AvgIpc) is 2.81. The zero-order valence-electron chi connectivity index (χ0n) is 11.7. The van der Waals surface area contributed by atoms with Gasteiger partial charge in [0.05, 0.1) is 12.9 Å². The first-order chi connectivity index (χ1) is 10.3. The summed E-state index contributed by atoms with van der Waals surface area (Å²) in [6, 6.07) is 0. The molecule has 1 aliphatic rings. The topological polar surface area (TPSA) is 99.2 Å². The number of ether oxygens (including phenoxy) is 1. The SMILES string of the molecule is Nc1ncnc2c1ncn2CCCCOC(=O)N1CCC1. The Kier molecular flexibility index (Phi) is 3.85. The third-order valence-electron chi connectivity index (χ3n) is 3.56. The van der Waals surface area contributed by atoms with Crippen molar-refractivity contribution in [3.8, 4) is 0 Å². The van der Waals surface area contributed by atoms with Gasteiger partial charge >= 0.3 is 6.09 Å². The van der Waals surface area contributed by atoms with Gasteiger partial charge in [0.15, 0.2) is 11.5 Å². The van der Waals surface area contributed by atoms with Gasteiger partial charge in [-0.25, -0.2) is 19.7 Å². The standard InChI is InChI=1S/C13H18N6O2/c14-11-10-12(16-8-15-11)19(9-17-10)4-1-2-7-21-13(20)18-5-3-6-18/h8-9H,1-7H2,(H2,14,15,16). The number of nitrogens with zero attached hydrogens (tertiary/aromatic N) is 5. The number of hydrogen-bond donors (Lipinski definition) is 1. The Morgan fingerprint density at radius 1 is 1.29 bits per heavy atom. The number of nitrogen functional groups attached to an aromatic ring is 1. The largest absolute Gasteiger partial charge is 0.449 e. The molecule has 0 spiro atoms. The number of amides is 1. The maximum Gasteiger partial charge on any atom is 0.409 e. The third kappa shape index (κ3) is 2.88. The fourth-order valence-corrected chi connectivity index (χ4v) is 2.20. The van der Waals surface area contributed by atoms with Gasteiger partial charge in [-0.3, -0.25) is 0 Å². The molecular formula is C13H18N6O2. The van der Waals surface area contributed by atoms with Gasteiger partial charge in [0.25, 0.3) is 0 Å². The van der Waals surface area contributed by atoms with Gasteiger partial charge in [-0.2, -0.15) is 0 Å². The maximum absolute atomic E-state index is 11.5. The summed E-state index contributed by atoms with van der Waals surface area (Å²) >= 11 is 0. The molecule has 1 fully saturated rings. The highest BCUT2D eigenvalue weighted by Crippen LogP contribution is 2.14. The first-order valence-corrected chi connectivity index (χ1v) is 7.09. The molecule has 8 heteroatoms. The molecule has 0 saturated carbocycles. The van der Waals surface area contributed by atoms with Crippen LogP contribution in [0.5, 0.6) is 0 Å². The molecule has 0 radical (unpaired) electrons. The molecule has 2 aromatic heterocycles. The highest BCUT2D eigenvalue weighted by atomic mass is 16.6. The van der Waals surface area contributed by atoms with Crippen molar-refractivity contribution >= 4 is 23.1 Å². The number of fused-ring (bicyclic) bond motifs is 1. The molecule has 3 heterocycles. The van der Waals surface area contributed by atoms with E-state index in [-0.39, 0.29) is 6.09 Å². The summed E-state index contributed by atoms with van der Waals surface area (Å²) in [5.41, 5.74) is 7.10. The summed E-state index contributed by atoms with van der Waals surface area (Å²) in [6.45, 7) is 2.84. The van der Waals surface area contributed by atoms with Gasteiger partial charge in [-0.05, 0) is 19.3 Å². The van der Waals surface area contributed by atoms with Crippen LogP contribution in [0.1, 0.15) is 19.3 Å². The Labute approximate surface area is 121 Å². The first kappa shape index (κ1) is 13.6. The van der Waals surface area contributed by atoms with Gasteiger partial charge in [0.2, 0.25) is 0 Å². The van der Waals surface area contributed by atoms with Crippen molar-refractivity contribution < 1.29 is 9.53 Å². The van der Waals surface area contributed by atoms with Crippen LogP contribution >= 0.6 is 0 Å². The van der Waals surface area contributed by atoms with Gasteiger partial charge < -0.3 is 19.9 Å². The van der Waals surface area contributed by atoms with E-state index >= 15 is 0 Å². The number of rotatable bonds is 5. The summed E-state index contributed by atoms with van der Waals surface area (Å²) in [4.78, 5) is 25.5. The molecule has 0 bridgehead atoms. The summed E-state index contributed by atoms with van der Waals surface area (Å²) in [7, 11) is 0. The molecule has 8 nitrogen and oxygen atoms in total. The van der Waals surface area contributed by atoms with Crippen molar-refractivity contribution in [1.29, 1.82) is 0 Å². The predicted molar refractivity (Wildman–Crippen MR) is 76.5 cm³/mol. The first-order valence-electron chi connectivity index (χ1n) is 7.09. The van der Waals surface area contributed by atoms with Crippen LogP contribution in [-0.4, -0.2) is 50.2 Å². The Hall–Kier alpha value is -2.38. The lowest BCUT2D eigenvalue weighted by atomic mass is 10.2. The van der Waals surface area contributed by atoms with Crippen LogP contribution in [0.25, 0.3) is 11.2 Å². The zero-order valence-corrected chi connectivity index (χ0v) is 11.7. The van der Waals surface area contributed by atoms with E-state index in [9.17, 15) is 4.79 Å². The molecule has 0 aliphatic carbocycles. The lowest BCUT2D eigenvalue weighted by Crippen LogP contribution is -2.42. The number of carbonyl (C=O) groups excluding carboxylic acids is 1. The Morgan fingerprint density at radius 3 is 2.90 bits per heavy atom. The van der Waals surface area contributed by atoms with Crippen molar-refractivity contribution in [2.24, 2.45) is 0 Å². The molecule has 0 aromatic carbocycles. The van der Waals surface area contributed by atoms with E-state index in [1.807, 2.05) is 4.57 Å². The van der Waals surface area contributed by atoms with E-state index in [1.165, 1.54) is 6.33 Å². The highest BCUT2D eigenvalue weighted by Gasteiger charge is 2.20. The monoisotopic (exact) mass is 290 g/mol. The molecule has 2 N–H and O–H groups in total. The van der Waals surface area contributed by atoms with Crippen molar-refractivity contribution in [3.63, 3.8) is 0 Å². The highest BCUT2D eigenvalue weighted by molar-refractivity contribution is 5.81. The van der Waals surface area contributed by atoms with E-state index in [4.69, 9.17) is 10.5 Å². The quantitative estimate of drug-likeness (QED) is 0.826. The van der Waals surface area contributed by atoms with Gasteiger partial charge in [0, 0.05) is 19.6 Å². The second-order valence-electron chi connectivity index (χ2n) is 5.03. The number of aromatic nitrogens is 4. The molecule has 2 aromatic rings. The predicted octanol–water partition coefficient (Wildman–Crippen LogP) is 1.03. The van der Waals surface area contributed by atoms with E-state index in [2.05, 4.69) is 15.0 Å². The molecular weight excluding hydrogens is 272 g/mol. The number of carbonyl (C=O) groups is 1. The summed E-state index contributed by atoms with van der Waals surface area (Å²) in [6.07, 6.45) is 5.71. The number of hydrogen-bond acceptors (Lipinski definition) is 6. The maximum atomic E-state index is 11.5. The minimum Gasteiger partial charge on any atom is -0.449 e. The number of anilines is 1. The molecule has 1 saturated heterocycles. The number of aryl methyl sites for hydroxylation is 1. The Bertz CT molecular complexity index is 637. The van der Waals surface area contributed by atoms with Crippen LogP contribution in [0.4, 0.5) is 10.6 Å². The number of imidazole rings is 1. The number of nitrogens with two attached hydrogens (primary N) is 1. The molecule has 3 rings (SSSR count). The molecule has 112 valence electrons. The molecule has 1 amide bonds. The van der Waals surface area contributed by atoms with Gasteiger partial charge in [0.1, 0.15) is 11.8 Å². The molecule has 21 heavy (non-hydrogen) atoms. The third-order valence-corrected chi connectivity index (χ3v) is 3.56. The summed E-state index contributed by atoms with van der Waals surface area (Å²) in [5.74, 6) is 0.391. The van der Waals surface area contributed by atoms with Crippen molar-refractivity contribution in [2.75, 3.05) is 25.4 Å². The Morgan fingerprint density at radius 2 is 2.14 bits per heavy atom. The van der Waals surface area contributed by atoms with E-state index in [1.54, 1.807) is 11.2 Å². The van der Waals surface area contributed by atoms with Crippen LogP contribution < -0.4 is 5.73 Å². The van der Waals surface area contributed by atoms with Crippen molar-refractivity contribution in [3.05, 3.63) is 12.7 Å². The smallest absolute Gasteiger partial charge is 0.409 e. The van der Waals surface area contributed by atoms with Crippen LogP contribution in [0.2, 0.25) is 0 Å². The van der Waals surface area contributed by atoms with Crippen molar-refractivity contribution in [2.45, 2.75) is 25.8 Å². The Balaban J connectivity index is 1.44. The lowest BCUT2D eigenvalue weighted by molar-refractivity contribution is 0.0794. The number of unbranched alkanes of at least 4 members (excludes halogenated alkanes) is 1. The van der Waals surface area contributed by atoms with Crippen LogP contribution in [-0.2, 0) is 11.3 Å². The summed E-state index contributed by atoms with van der Waals surface area (Å²) < 4.78 is 7.12. The second-order valence-corrected chi connectivity index (χ2v) is 5.03. The lowest BCUT2D eigenvalue weighted by Gasteiger charge is -2.29. The average molecular weight is 290 g/mol. The van der Waals surface area contributed by atoms with Gasteiger partial charge in [-0.1, -0.05) is 0 Å². The minimum atomic E-state index is -0.199. The van der Waals surface area contributed by atoms with Crippen molar-refractivity contribution in [1.82, 2.24) is 24.4 Å². The van der Waals surface area contributed by atoms with Crippen LogP contribution in [0, 0.1) is 0 Å². The molecule has 1 aliphatic heterocycles. The van der Waals surface area contributed by atoms with E-state index in [0.29, 0.717) is 17.9 Å². The van der Waals surface area contributed by atoms with Gasteiger partial charge in [-0.15, -0.1) is 0 Å². The van der Waals surface area contributed by atoms with Crippen LogP contribution in [0.15, 0.2) is 12.7 Å². The normalized spacial score (nSPS) is 14.2. The molecule has 0 atom stereocenters. The van der Waals surface area contributed by atoms with Crippen LogP contribution in [0.3, 0.4) is 0 Å². The van der Waals surface area contributed by atoms with E-state index < -0.39 is 0 Å². The minimum absolute atomic E-state index is 0.199. The zero-order chi connectivity index (χ0) is 14.7. The molecule has 0 unspecified atom stereocenters. The second kappa shape index (κ2) is 5.94. The fourth-order valence-electron chi connectivity index (χ4n) is 2.20. The summed E-state index contributed by atoms with van der Waals surface area (Å²) in [5, 5.41) is 0. The fraction of sp³-hybridized carbons (Fsp3) is 0.538. The van der Waals surface area contributed by atoms with E-state index in [0.717, 1.165) is 44.5 Å². The number of likely N-dealkylation sites (tertiary alicyclic amines) is 1.